The van der Waals surface area contributed by atoms with Gasteiger partial charge in [-0.05, 0) is 61.7 Å². The highest BCUT2D eigenvalue weighted by atomic mass is 32.2. The number of halogens is 2. The minimum Gasteiger partial charge on any atom is -0.322 e. The fourth-order valence-corrected chi connectivity index (χ4v) is 5.18. The molecule has 0 unspecified atom stereocenters. The zero-order valence-corrected chi connectivity index (χ0v) is 17.5. The number of amides is 1. The fraction of sp³-hybridized carbons (Fsp3) is 0.350. The van der Waals surface area contributed by atoms with Crippen LogP contribution in [-0.2, 0) is 10.0 Å². The smallest absolute Gasteiger partial charge is 0.288 e. The van der Waals surface area contributed by atoms with Crippen LogP contribution in [0, 0.1) is 6.92 Å². The van der Waals surface area contributed by atoms with Crippen LogP contribution in [0.4, 0.5) is 14.5 Å². The number of carbonyl (C=O) groups is 1. The normalized spacial score (nSPS) is 15.4. The van der Waals surface area contributed by atoms with E-state index in [1.807, 2.05) is 0 Å². The van der Waals surface area contributed by atoms with E-state index in [1.54, 1.807) is 19.1 Å². The first-order valence-electron chi connectivity index (χ1n) is 9.24. The van der Waals surface area contributed by atoms with Crippen LogP contribution in [0.1, 0.15) is 35.2 Å². The molecule has 1 aliphatic rings. The second-order valence-electron chi connectivity index (χ2n) is 6.80. The second kappa shape index (κ2) is 9.23. The summed E-state index contributed by atoms with van der Waals surface area (Å²) in [6, 6.07) is 10.5. The summed E-state index contributed by atoms with van der Waals surface area (Å²) in [5.41, 5.74) is 1.42. The number of alkyl halides is 2. The second-order valence-corrected chi connectivity index (χ2v) is 9.80. The monoisotopic (exact) mass is 440 g/mol. The van der Waals surface area contributed by atoms with Crippen LogP contribution in [0.5, 0.6) is 0 Å². The maximum atomic E-state index is 12.9. The Morgan fingerprint density at radius 1 is 1.07 bits per heavy atom. The summed E-state index contributed by atoms with van der Waals surface area (Å²) in [7, 11) is -3.61. The van der Waals surface area contributed by atoms with Crippen LogP contribution in [0.15, 0.2) is 52.3 Å². The summed E-state index contributed by atoms with van der Waals surface area (Å²) >= 11 is 0.407. The van der Waals surface area contributed by atoms with Gasteiger partial charge in [-0.1, -0.05) is 24.2 Å². The van der Waals surface area contributed by atoms with Gasteiger partial charge in [0, 0.05) is 29.2 Å². The lowest BCUT2D eigenvalue weighted by Crippen LogP contribution is -2.35. The number of hydrogen-bond donors (Lipinski definition) is 1. The Morgan fingerprint density at radius 2 is 1.72 bits per heavy atom. The van der Waals surface area contributed by atoms with Gasteiger partial charge in [-0.3, -0.25) is 4.79 Å². The molecule has 0 saturated carbocycles. The number of carbonyl (C=O) groups excluding carboxylic acids is 1. The summed E-state index contributed by atoms with van der Waals surface area (Å²) in [4.78, 5) is 13.0. The van der Waals surface area contributed by atoms with Crippen molar-refractivity contribution in [1.82, 2.24) is 4.31 Å². The molecule has 1 amide bonds. The molecule has 29 heavy (non-hydrogen) atoms. The number of nitrogens with one attached hydrogen (secondary N) is 1. The summed E-state index contributed by atoms with van der Waals surface area (Å²) in [5, 5.41) is 2.73. The van der Waals surface area contributed by atoms with Crippen molar-refractivity contribution in [3.63, 3.8) is 0 Å². The van der Waals surface area contributed by atoms with Gasteiger partial charge in [0.25, 0.3) is 11.7 Å². The van der Waals surface area contributed by atoms with E-state index in [1.165, 1.54) is 34.6 Å². The van der Waals surface area contributed by atoms with E-state index in [4.69, 9.17) is 0 Å². The number of piperidine rings is 1. The molecule has 156 valence electrons. The van der Waals surface area contributed by atoms with Crippen LogP contribution in [-0.4, -0.2) is 37.5 Å². The Bertz CT molecular complexity index is 974. The zero-order chi connectivity index (χ0) is 21.0. The van der Waals surface area contributed by atoms with E-state index in [-0.39, 0.29) is 4.90 Å². The number of benzene rings is 2. The predicted octanol–water partition coefficient (Wildman–Crippen LogP) is 4.74. The molecular weight excluding hydrogens is 418 g/mol. The van der Waals surface area contributed by atoms with Crippen molar-refractivity contribution < 1.29 is 22.0 Å². The zero-order valence-electron chi connectivity index (χ0n) is 15.9. The van der Waals surface area contributed by atoms with E-state index in [0.717, 1.165) is 24.8 Å². The number of sulfonamides is 1. The number of nitrogens with zero attached hydrogens (tertiary/aromatic N) is 1. The van der Waals surface area contributed by atoms with E-state index < -0.39 is 21.7 Å². The van der Waals surface area contributed by atoms with E-state index in [2.05, 4.69) is 5.32 Å². The van der Waals surface area contributed by atoms with Gasteiger partial charge in [-0.25, -0.2) is 8.42 Å². The Balaban J connectivity index is 1.78. The Kier molecular flexibility index (Phi) is 6.92. The minimum atomic E-state index is -3.61. The van der Waals surface area contributed by atoms with Crippen molar-refractivity contribution in [1.29, 1.82) is 0 Å². The van der Waals surface area contributed by atoms with Gasteiger partial charge in [0.15, 0.2) is 0 Å². The van der Waals surface area contributed by atoms with Crippen LogP contribution < -0.4 is 5.32 Å². The Hall–Kier alpha value is -1.97. The molecule has 0 atom stereocenters. The van der Waals surface area contributed by atoms with Crippen molar-refractivity contribution >= 4 is 33.4 Å². The molecule has 0 aliphatic carbocycles. The Morgan fingerprint density at radius 3 is 2.34 bits per heavy atom. The van der Waals surface area contributed by atoms with Gasteiger partial charge in [0.05, 0.1) is 4.90 Å². The highest BCUT2D eigenvalue weighted by Crippen LogP contribution is 2.27. The number of thioether (sulfide) groups is 1. The quantitative estimate of drug-likeness (QED) is 0.659. The minimum absolute atomic E-state index is 0.143. The summed E-state index contributed by atoms with van der Waals surface area (Å²) in [5.74, 6) is -2.96. The topological polar surface area (TPSA) is 66.5 Å². The first kappa shape index (κ1) is 21.7. The van der Waals surface area contributed by atoms with E-state index in [9.17, 15) is 22.0 Å². The molecular formula is C20H22F2N2O3S2. The lowest BCUT2D eigenvalue weighted by atomic mass is 10.1. The van der Waals surface area contributed by atoms with Crippen molar-refractivity contribution in [3.05, 3.63) is 53.6 Å². The molecule has 1 heterocycles. The first-order valence-corrected chi connectivity index (χ1v) is 11.6. The average molecular weight is 441 g/mol. The molecule has 0 aromatic heterocycles. The molecule has 0 radical (unpaired) electrons. The summed E-state index contributed by atoms with van der Waals surface area (Å²) in [6.45, 7) is 2.77. The standard InChI is InChI=1S/C20H22F2N2O3S2/c1-14-5-10-17(29(26,27)24-11-3-2-4-12-24)13-18(14)23-19(25)15-6-8-16(9-7-15)28-20(21)22/h5-10,13,20H,2-4,11-12H2,1H3,(H,23,25). The van der Waals surface area contributed by atoms with Crippen LogP contribution >= 0.6 is 11.8 Å². The largest absolute Gasteiger partial charge is 0.322 e. The molecule has 1 N–H and O–H groups in total. The molecule has 0 spiro atoms. The number of hydrogen-bond acceptors (Lipinski definition) is 4. The lowest BCUT2D eigenvalue weighted by Gasteiger charge is -2.26. The van der Waals surface area contributed by atoms with Crippen LogP contribution in [0.2, 0.25) is 0 Å². The van der Waals surface area contributed by atoms with Crippen molar-refractivity contribution in [2.75, 3.05) is 18.4 Å². The molecule has 2 aromatic rings. The number of aryl methyl sites for hydroxylation is 1. The van der Waals surface area contributed by atoms with E-state index in [0.29, 0.717) is 41.0 Å². The molecule has 2 aromatic carbocycles. The lowest BCUT2D eigenvalue weighted by molar-refractivity contribution is 0.102. The SMILES string of the molecule is Cc1ccc(S(=O)(=O)N2CCCCC2)cc1NC(=O)c1ccc(SC(F)F)cc1. The predicted molar refractivity (Wildman–Crippen MR) is 110 cm³/mol. The van der Waals surface area contributed by atoms with Crippen molar-refractivity contribution in [2.45, 2.75) is 41.7 Å². The van der Waals surface area contributed by atoms with Crippen molar-refractivity contribution in [3.8, 4) is 0 Å². The molecule has 1 fully saturated rings. The third kappa shape index (κ3) is 5.34. The van der Waals surface area contributed by atoms with Crippen LogP contribution in [0.3, 0.4) is 0 Å². The van der Waals surface area contributed by atoms with Gasteiger partial charge >= 0.3 is 0 Å². The Labute approximate surface area is 173 Å². The van der Waals surface area contributed by atoms with Crippen molar-refractivity contribution in [2.24, 2.45) is 0 Å². The maximum absolute atomic E-state index is 12.9. The van der Waals surface area contributed by atoms with Crippen LogP contribution in [0.25, 0.3) is 0 Å². The van der Waals surface area contributed by atoms with Gasteiger partial charge in [-0.15, -0.1) is 0 Å². The highest BCUT2D eigenvalue weighted by Gasteiger charge is 2.26. The van der Waals surface area contributed by atoms with Gasteiger partial charge < -0.3 is 5.32 Å². The third-order valence-electron chi connectivity index (χ3n) is 4.75. The average Bonchev–Trinajstić information content (AvgIpc) is 2.70. The molecule has 1 aliphatic heterocycles. The molecule has 5 nitrogen and oxygen atoms in total. The maximum Gasteiger partial charge on any atom is 0.288 e. The first-order chi connectivity index (χ1) is 13.8. The summed E-state index contributed by atoms with van der Waals surface area (Å²) < 4.78 is 52.1. The molecule has 3 rings (SSSR count). The number of anilines is 1. The van der Waals surface area contributed by atoms with Gasteiger partial charge in [0.2, 0.25) is 10.0 Å². The van der Waals surface area contributed by atoms with E-state index >= 15 is 0 Å². The summed E-state index contributed by atoms with van der Waals surface area (Å²) in [6.07, 6.45) is 2.71. The molecule has 9 heteroatoms. The number of rotatable bonds is 6. The molecule has 1 saturated heterocycles. The third-order valence-corrected chi connectivity index (χ3v) is 7.37. The van der Waals surface area contributed by atoms with Gasteiger partial charge in [0.1, 0.15) is 0 Å². The molecule has 0 bridgehead atoms. The van der Waals surface area contributed by atoms with Gasteiger partial charge in [-0.2, -0.15) is 13.1 Å². The fourth-order valence-electron chi connectivity index (χ4n) is 3.13. The highest BCUT2D eigenvalue weighted by molar-refractivity contribution is 7.99.